The third-order valence-electron chi connectivity index (χ3n) is 11.1. The molecule has 0 aromatic heterocycles. The highest BCUT2D eigenvalue weighted by atomic mass is 35.5. The van der Waals surface area contributed by atoms with Crippen molar-refractivity contribution in [3.63, 3.8) is 0 Å². The van der Waals surface area contributed by atoms with Crippen LogP contribution in [0.5, 0.6) is 11.5 Å². The van der Waals surface area contributed by atoms with Crippen molar-refractivity contribution in [2.45, 2.75) is 51.0 Å². The second kappa shape index (κ2) is 11.3. The Bertz CT molecular complexity index is 2040. The molecule has 3 heterocycles. The molecule has 3 aromatic rings. The van der Waals surface area contributed by atoms with Gasteiger partial charge in [0.05, 0.1) is 35.1 Å². The number of aromatic hydroxyl groups is 1. The van der Waals surface area contributed by atoms with Gasteiger partial charge in [-0.2, -0.15) is 5.01 Å². The largest absolute Gasteiger partial charge is 0.508 e. The number of benzene rings is 3. The van der Waals surface area contributed by atoms with Gasteiger partial charge in [-0.25, -0.2) is 4.39 Å². The number of halogens is 2. The number of rotatable bonds is 4. The molecule has 5 aliphatic rings. The Balaban J connectivity index is 1.34. The minimum Gasteiger partial charge on any atom is -0.508 e. The molecule has 2 saturated heterocycles. The summed E-state index contributed by atoms with van der Waals surface area (Å²) in [4.78, 5) is 59.5. The highest BCUT2D eigenvalue weighted by molar-refractivity contribution is 6.30. The van der Waals surface area contributed by atoms with Crippen LogP contribution in [0.1, 0.15) is 44.7 Å². The Morgan fingerprint density at radius 3 is 2.36 bits per heavy atom. The van der Waals surface area contributed by atoms with E-state index in [9.17, 15) is 23.9 Å². The summed E-state index contributed by atoms with van der Waals surface area (Å²) in [5.41, 5.74) is 3.80. The number of anilines is 1. The molecule has 11 heteroatoms. The number of likely N-dealkylation sites (tertiary alicyclic amines) is 1. The van der Waals surface area contributed by atoms with E-state index in [0.29, 0.717) is 46.0 Å². The number of hydrogen-bond acceptors (Lipinski definition) is 7. The van der Waals surface area contributed by atoms with Crippen molar-refractivity contribution in [1.82, 2.24) is 9.91 Å². The zero-order valence-corrected chi connectivity index (χ0v) is 28.4. The standard InChI is InChI=1S/C39H35ClFN3O6/c1-38(2,3)43-34(46)28-14-13-27-29(32(28)36(43)48)18-30-35(47)44(42-25-10-8-24(41)9-11-25)37(49)39(30,22-4-6-23(40)7-5-22)33(27)21-16-20-17-26(45)12-15-31(20)50-19-21/h4-13,15,17,19,28-30,32-33,42,45H,14,16,18H2,1-3H3. The maximum atomic E-state index is 15.3. The van der Waals surface area contributed by atoms with Gasteiger partial charge >= 0.3 is 0 Å². The summed E-state index contributed by atoms with van der Waals surface area (Å²) in [6.07, 6.45) is 4.35. The van der Waals surface area contributed by atoms with E-state index in [2.05, 4.69) is 5.43 Å². The van der Waals surface area contributed by atoms with Crippen LogP contribution < -0.4 is 10.2 Å². The number of ether oxygens (including phenoxy) is 1. The van der Waals surface area contributed by atoms with E-state index in [4.69, 9.17) is 16.3 Å². The second-order valence-corrected chi connectivity index (χ2v) is 15.3. The van der Waals surface area contributed by atoms with Crippen molar-refractivity contribution in [3.05, 3.63) is 112 Å². The summed E-state index contributed by atoms with van der Waals surface area (Å²) in [6, 6.07) is 17.1. The highest BCUT2D eigenvalue weighted by Gasteiger charge is 2.71. The molecule has 256 valence electrons. The molecule has 1 saturated carbocycles. The van der Waals surface area contributed by atoms with Crippen LogP contribution in [0, 0.1) is 35.4 Å². The molecule has 0 spiro atoms. The predicted octanol–water partition coefficient (Wildman–Crippen LogP) is 6.32. The molecule has 3 fully saturated rings. The summed E-state index contributed by atoms with van der Waals surface area (Å²) in [6.45, 7) is 5.50. The SMILES string of the molecule is CC(C)(C)N1C(=O)C2CC=C3C(CC4C(=O)N(Nc5ccc(F)cc5)C(=O)C4(c4ccc(Cl)cc4)C3C3=COc4ccc(O)cc4C3)C2C1=O. The second-order valence-electron chi connectivity index (χ2n) is 14.8. The summed E-state index contributed by atoms with van der Waals surface area (Å²) in [5, 5.41) is 11.8. The van der Waals surface area contributed by atoms with E-state index in [0.717, 1.165) is 10.6 Å². The van der Waals surface area contributed by atoms with Crippen molar-refractivity contribution in [1.29, 1.82) is 0 Å². The molecule has 6 unspecified atom stereocenters. The van der Waals surface area contributed by atoms with Crippen molar-refractivity contribution in [3.8, 4) is 11.5 Å². The fraction of sp³-hybridized carbons (Fsp3) is 0.333. The maximum Gasteiger partial charge on any atom is 0.260 e. The number of phenolic OH excluding ortho intramolecular Hbond substituents is 1. The summed E-state index contributed by atoms with van der Waals surface area (Å²) < 4.78 is 20.0. The van der Waals surface area contributed by atoms with Gasteiger partial charge in [0.15, 0.2) is 0 Å². The summed E-state index contributed by atoms with van der Waals surface area (Å²) in [7, 11) is 0. The van der Waals surface area contributed by atoms with Crippen molar-refractivity contribution < 1.29 is 33.4 Å². The number of amides is 4. The first-order valence-corrected chi connectivity index (χ1v) is 17.1. The topological polar surface area (TPSA) is 116 Å². The molecule has 3 aromatic carbocycles. The molecule has 6 atom stereocenters. The van der Waals surface area contributed by atoms with Crippen molar-refractivity contribution in [2.75, 3.05) is 5.43 Å². The zero-order chi connectivity index (χ0) is 35.3. The minimum absolute atomic E-state index is 0.0549. The van der Waals surface area contributed by atoms with Crippen molar-refractivity contribution >= 4 is 40.9 Å². The lowest BCUT2D eigenvalue weighted by Gasteiger charge is -2.51. The molecule has 50 heavy (non-hydrogen) atoms. The first kappa shape index (κ1) is 32.3. The van der Waals surface area contributed by atoms with Crippen LogP contribution in [0.4, 0.5) is 10.1 Å². The number of phenols is 1. The Labute approximate surface area is 293 Å². The highest BCUT2D eigenvalue weighted by Crippen LogP contribution is 2.63. The molecule has 8 rings (SSSR count). The summed E-state index contributed by atoms with van der Waals surface area (Å²) >= 11 is 6.37. The molecular weight excluding hydrogens is 661 g/mol. The van der Waals surface area contributed by atoms with Gasteiger partial charge in [-0.05, 0) is 105 Å². The van der Waals surface area contributed by atoms with Gasteiger partial charge in [0.1, 0.15) is 17.3 Å². The lowest BCUT2D eigenvalue weighted by molar-refractivity contribution is -0.146. The number of hydrogen-bond donors (Lipinski definition) is 2. The number of nitrogens with zero attached hydrogens (tertiary/aromatic N) is 2. The Morgan fingerprint density at radius 1 is 0.940 bits per heavy atom. The predicted molar refractivity (Wildman–Crippen MR) is 182 cm³/mol. The van der Waals surface area contributed by atoms with Gasteiger partial charge in [-0.3, -0.25) is 29.5 Å². The maximum absolute atomic E-state index is 15.3. The summed E-state index contributed by atoms with van der Waals surface area (Å²) in [5.74, 6) is -4.94. The van der Waals surface area contributed by atoms with E-state index in [-0.39, 0.29) is 24.0 Å². The van der Waals surface area contributed by atoms with Gasteiger partial charge in [-0.15, -0.1) is 0 Å². The van der Waals surface area contributed by atoms with E-state index in [1.54, 1.807) is 42.7 Å². The van der Waals surface area contributed by atoms with E-state index >= 15 is 4.79 Å². The van der Waals surface area contributed by atoms with Gasteiger partial charge < -0.3 is 9.84 Å². The average Bonchev–Trinajstić information content (AvgIpc) is 3.46. The van der Waals surface area contributed by atoms with Crippen molar-refractivity contribution in [2.24, 2.45) is 29.6 Å². The number of imide groups is 2. The normalized spacial score (nSPS) is 28.7. The quantitative estimate of drug-likeness (QED) is 0.243. The molecule has 2 aliphatic carbocycles. The van der Waals surface area contributed by atoms with E-state index in [1.165, 1.54) is 35.2 Å². The van der Waals surface area contributed by atoms with Crippen LogP contribution >= 0.6 is 11.6 Å². The number of carbonyl (C=O) groups is 4. The molecule has 0 bridgehead atoms. The van der Waals surface area contributed by atoms with Crippen LogP contribution in [-0.2, 0) is 31.0 Å². The Kier molecular flexibility index (Phi) is 7.28. The molecule has 3 aliphatic heterocycles. The zero-order valence-electron chi connectivity index (χ0n) is 27.7. The third-order valence-corrected chi connectivity index (χ3v) is 11.3. The molecule has 0 radical (unpaired) electrons. The van der Waals surface area contributed by atoms with Crippen LogP contribution in [0.15, 0.2) is 90.2 Å². The fourth-order valence-electron chi connectivity index (χ4n) is 9.13. The number of fused-ring (bicyclic) bond motifs is 5. The molecule has 2 N–H and O–H groups in total. The van der Waals surface area contributed by atoms with E-state index in [1.807, 2.05) is 26.8 Å². The number of nitrogens with one attached hydrogen (secondary N) is 1. The first-order valence-electron chi connectivity index (χ1n) is 16.7. The van der Waals surface area contributed by atoms with Crippen LogP contribution in [-0.4, -0.2) is 44.2 Å². The van der Waals surface area contributed by atoms with Crippen LogP contribution in [0.3, 0.4) is 0 Å². The molecular formula is C39H35ClFN3O6. The number of carbonyl (C=O) groups excluding carboxylic acids is 4. The lowest BCUT2D eigenvalue weighted by Crippen LogP contribution is -2.55. The van der Waals surface area contributed by atoms with Gasteiger partial charge in [0, 0.05) is 28.5 Å². The number of hydrazine groups is 1. The lowest BCUT2D eigenvalue weighted by atomic mass is 9.48. The Morgan fingerprint density at radius 2 is 1.66 bits per heavy atom. The fourth-order valence-corrected chi connectivity index (χ4v) is 9.26. The average molecular weight is 696 g/mol. The number of allylic oxidation sites excluding steroid dienone is 3. The van der Waals surface area contributed by atoms with Gasteiger partial charge in [-0.1, -0.05) is 35.4 Å². The Hall–Kier alpha value is -4.96. The monoisotopic (exact) mass is 695 g/mol. The third kappa shape index (κ3) is 4.64. The molecule has 4 amide bonds. The first-order chi connectivity index (χ1) is 23.8. The smallest absolute Gasteiger partial charge is 0.260 e. The van der Waals surface area contributed by atoms with Gasteiger partial charge in [0.2, 0.25) is 11.8 Å². The van der Waals surface area contributed by atoms with Crippen LogP contribution in [0.2, 0.25) is 5.02 Å². The van der Waals surface area contributed by atoms with Crippen LogP contribution in [0.25, 0.3) is 0 Å². The van der Waals surface area contributed by atoms with E-state index < -0.39 is 58.2 Å². The minimum atomic E-state index is -1.51. The van der Waals surface area contributed by atoms with Gasteiger partial charge in [0.25, 0.3) is 11.8 Å². The molecule has 9 nitrogen and oxygen atoms in total.